The van der Waals surface area contributed by atoms with Gasteiger partial charge in [0.25, 0.3) is 0 Å². The summed E-state index contributed by atoms with van der Waals surface area (Å²) in [5.41, 5.74) is 2.33. The minimum Gasteiger partial charge on any atom is -0.491 e. The predicted octanol–water partition coefficient (Wildman–Crippen LogP) is 1.34. The van der Waals surface area contributed by atoms with Gasteiger partial charge in [0.15, 0.2) is 0 Å². The molecule has 2 aliphatic rings. The van der Waals surface area contributed by atoms with Crippen LogP contribution in [0, 0.1) is 5.92 Å². The first kappa shape index (κ1) is 17.6. The van der Waals surface area contributed by atoms with Crippen LogP contribution in [0.15, 0.2) is 27.4 Å². The van der Waals surface area contributed by atoms with Gasteiger partial charge in [0.2, 0.25) is 0 Å². The largest absolute Gasteiger partial charge is 0.491 e. The van der Waals surface area contributed by atoms with Crippen molar-refractivity contribution >= 4 is 11.0 Å². The van der Waals surface area contributed by atoms with Crippen molar-refractivity contribution in [3.05, 3.63) is 39.7 Å². The molecule has 0 spiro atoms. The molecule has 1 fully saturated rings. The summed E-state index contributed by atoms with van der Waals surface area (Å²) in [5, 5.41) is 11.3. The van der Waals surface area contributed by atoms with E-state index in [1.165, 1.54) is 17.7 Å². The molecule has 140 valence electrons. The van der Waals surface area contributed by atoms with E-state index in [0.717, 1.165) is 61.3 Å². The predicted molar refractivity (Wildman–Crippen MR) is 100.0 cm³/mol. The molecule has 4 rings (SSSR count). The number of aliphatic hydroxyl groups excluding tert-OH is 1. The SMILES string of the molecule is CC1CC[NH+](C[C@H](O)COc2ccc3c4c(c(=O)oc3c2)CCC4)CC1. The van der Waals surface area contributed by atoms with Gasteiger partial charge in [-0.15, -0.1) is 0 Å². The molecule has 0 saturated carbocycles. The zero-order valence-electron chi connectivity index (χ0n) is 15.4. The molecule has 5 heteroatoms. The van der Waals surface area contributed by atoms with Crippen molar-refractivity contribution in [1.82, 2.24) is 0 Å². The van der Waals surface area contributed by atoms with Gasteiger partial charge in [-0.1, -0.05) is 6.92 Å². The van der Waals surface area contributed by atoms with E-state index in [0.29, 0.717) is 11.3 Å². The monoisotopic (exact) mass is 358 g/mol. The summed E-state index contributed by atoms with van der Waals surface area (Å²) in [6, 6.07) is 5.65. The molecule has 2 N–H and O–H groups in total. The third-order valence-corrected chi connectivity index (χ3v) is 5.89. The molecule has 0 bridgehead atoms. The summed E-state index contributed by atoms with van der Waals surface area (Å²) in [4.78, 5) is 13.6. The van der Waals surface area contributed by atoms with Crippen molar-refractivity contribution in [3.8, 4) is 5.75 Å². The number of hydrogen-bond acceptors (Lipinski definition) is 4. The standard InChI is InChI=1S/C21H27NO4/c1-14-7-9-22(10-8-14)12-15(23)13-25-16-5-6-18-17-3-2-4-19(17)21(24)26-20(18)11-16/h5-6,11,14-15,23H,2-4,7-10,12-13H2,1H3/p+1/t15-/m0/s1. The number of rotatable bonds is 5. The Morgan fingerprint density at radius 2 is 2.04 bits per heavy atom. The van der Waals surface area contributed by atoms with Crippen LogP contribution in [0.25, 0.3) is 11.0 Å². The fourth-order valence-electron chi connectivity index (χ4n) is 4.31. The van der Waals surface area contributed by atoms with Gasteiger partial charge in [0.05, 0.1) is 13.1 Å². The Bertz CT molecular complexity index is 836. The van der Waals surface area contributed by atoms with E-state index in [4.69, 9.17) is 9.15 Å². The Morgan fingerprint density at radius 1 is 1.27 bits per heavy atom. The minimum absolute atomic E-state index is 0.217. The Labute approximate surface area is 153 Å². The van der Waals surface area contributed by atoms with Crippen LogP contribution in [-0.2, 0) is 12.8 Å². The highest BCUT2D eigenvalue weighted by Gasteiger charge is 2.22. The molecule has 0 unspecified atom stereocenters. The lowest BCUT2D eigenvalue weighted by Gasteiger charge is -2.28. The fraction of sp³-hybridized carbons (Fsp3) is 0.571. The van der Waals surface area contributed by atoms with E-state index in [1.54, 1.807) is 6.07 Å². The minimum atomic E-state index is -0.485. The van der Waals surface area contributed by atoms with Crippen LogP contribution in [0.3, 0.4) is 0 Å². The lowest BCUT2D eigenvalue weighted by Crippen LogP contribution is -3.14. The van der Waals surface area contributed by atoms with Crippen LogP contribution in [0.2, 0.25) is 0 Å². The van der Waals surface area contributed by atoms with Gasteiger partial charge in [-0.2, -0.15) is 0 Å². The molecule has 1 aliphatic carbocycles. The topological polar surface area (TPSA) is 64.1 Å². The fourth-order valence-corrected chi connectivity index (χ4v) is 4.31. The second kappa shape index (κ2) is 7.41. The van der Waals surface area contributed by atoms with Crippen molar-refractivity contribution in [2.75, 3.05) is 26.2 Å². The first-order chi connectivity index (χ1) is 12.6. The zero-order valence-corrected chi connectivity index (χ0v) is 15.4. The third kappa shape index (κ3) is 3.64. The van der Waals surface area contributed by atoms with E-state index >= 15 is 0 Å². The summed E-state index contributed by atoms with van der Waals surface area (Å²) < 4.78 is 11.3. The molecule has 1 atom stereocenters. The summed E-state index contributed by atoms with van der Waals surface area (Å²) in [5.74, 6) is 1.45. The second-order valence-electron chi connectivity index (χ2n) is 7.96. The van der Waals surface area contributed by atoms with Crippen molar-refractivity contribution in [2.45, 2.75) is 45.1 Å². The molecule has 2 aromatic rings. The molecule has 1 saturated heterocycles. The maximum absolute atomic E-state index is 12.1. The number of hydrogen-bond donors (Lipinski definition) is 2. The molecule has 5 nitrogen and oxygen atoms in total. The summed E-state index contributed by atoms with van der Waals surface area (Å²) in [6.45, 7) is 5.54. The lowest BCUT2D eigenvalue weighted by atomic mass is 9.99. The summed E-state index contributed by atoms with van der Waals surface area (Å²) in [6.07, 6.45) is 4.75. The lowest BCUT2D eigenvalue weighted by molar-refractivity contribution is -0.909. The average Bonchev–Trinajstić information content (AvgIpc) is 3.12. The highest BCUT2D eigenvalue weighted by Crippen LogP contribution is 2.29. The zero-order chi connectivity index (χ0) is 18.1. The average molecular weight is 358 g/mol. The number of nitrogens with one attached hydrogen (secondary N) is 1. The van der Waals surface area contributed by atoms with Crippen molar-refractivity contribution in [1.29, 1.82) is 0 Å². The number of likely N-dealkylation sites (tertiary alicyclic amines) is 1. The van der Waals surface area contributed by atoms with Gasteiger partial charge >= 0.3 is 5.63 Å². The van der Waals surface area contributed by atoms with Crippen LogP contribution < -0.4 is 15.3 Å². The van der Waals surface area contributed by atoms with Crippen LogP contribution >= 0.6 is 0 Å². The number of aryl methyl sites for hydroxylation is 1. The normalized spacial score (nSPS) is 23.8. The van der Waals surface area contributed by atoms with Crippen LogP contribution in [-0.4, -0.2) is 37.5 Å². The maximum atomic E-state index is 12.1. The first-order valence-corrected chi connectivity index (χ1v) is 9.83. The number of piperidine rings is 1. The Hall–Kier alpha value is -1.85. The number of fused-ring (bicyclic) bond motifs is 3. The molecule has 2 heterocycles. The molecule has 1 aromatic carbocycles. The smallest absolute Gasteiger partial charge is 0.339 e. The maximum Gasteiger partial charge on any atom is 0.339 e. The van der Waals surface area contributed by atoms with Crippen molar-refractivity contribution in [3.63, 3.8) is 0 Å². The van der Waals surface area contributed by atoms with Crippen molar-refractivity contribution in [2.24, 2.45) is 5.92 Å². The molecular formula is C21H28NO4+. The Kier molecular flexibility index (Phi) is 5.00. The Balaban J connectivity index is 1.40. The molecule has 1 aliphatic heterocycles. The number of quaternary nitrogens is 1. The van der Waals surface area contributed by atoms with E-state index in [1.807, 2.05) is 12.1 Å². The number of ether oxygens (including phenoxy) is 1. The highest BCUT2D eigenvalue weighted by atomic mass is 16.5. The number of aliphatic hydroxyl groups is 1. The van der Waals surface area contributed by atoms with E-state index in [2.05, 4.69) is 6.92 Å². The molecular weight excluding hydrogens is 330 g/mol. The molecule has 0 amide bonds. The summed E-state index contributed by atoms with van der Waals surface area (Å²) in [7, 11) is 0. The van der Waals surface area contributed by atoms with E-state index in [9.17, 15) is 9.90 Å². The van der Waals surface area contributed by atoms with Gasteiger partial charge in [0, 0.05) is 17.0 Å². The van der Waals surface area contributed by atoms with Crippen LogP contribution in [0.4, 0.5) is 0 Å². The van der Waals surface area contributed by atoms with Gasteiger partial charge in [0.1, 0.15) is 30.6 Å². The molecule has 0 radical (unpaired) electrons. The summed E-state index contributed by atoms with van der Waals surface area (Å²) >= 11 is 0. The highest BCUT2D eigenvalue weighted by molar-refractivity contribution is 5.83. The van der Waals surface area contributed by atoms with E-state index < -0.39 is 6.10 Å². The second-order valence-corrected chi connectivity index (χ2v) is 7.96. The molecule has 1 aromatic heterocycles. The van der Waals surface area contributed by atoms with Crippen molar-refractivity contribution < 1.29 is 19.2 Å². The van der Waals surface area contributed by atoms with Gasteiger partial charge in [-0.3, -0.25) is 0 Å². The number of benzene rings is 1. The Morgan fingerprint density at radius 3 is 2.85 bits per heavy atom. The van der Waals surface area contributed by atoms with E-state index in [-0.39, 0.29) is 12.2 Å². The van der Waals surface area contributed by atoms with Crippen LogP contribution in [0.1, 0.15) is 37.3 Å². The third-order valence-electron chi connectivity index (χ3n) is 5.89. The first-order valence-electron chi connectivity index (χ1n) is 9.83. The molecule has 26 heavy (non-hydrogen) atoms. The van der Waals surface area contributed by atoms with Gasteiger partial charge in [-0.05, 0) is 55.7 Å². The van der Waals surface area contributed by atoms with Gasteiger partial charge < -0.3 is 19.2 Å². The van der Waals surface area contributed by atoms with Crippen LogP contribution in [0.5, 0.6) is 5.75 Å². The quantitative estimate of drug-likeness (QED) is 0.792. The van der Waals surface area contributed by atoms with Gasteiger partial charge in [-0.25, -0.2) is 4.79 Å².